The first kappa shape index (κ1) is 17.7. The number of hydrogen-bond donors (Lipinski definition) is 1. The lowest BCUT2D eigenvalue weighted by Gasteiger charge is -2.08. The molecule has 0 aromatic heterocycles. The Morgan fingerprint density at radius 2 is 1.88 bits per heavy atom. The highest BCUT2D eigenvalue weighted by Crippen LogP contribution is 2.19. The fraction of sp³-hybridized carbons (Fsp3) is 0.125. The van der Waals surface area contributed by atoms with Crippen molar-refractivity contribution in [2.75, 3.05) is 18.5 Å². The summed E-state index contributed by atoms with van der Waals surface area (Å²) in [5, 5.41) is 2.46. The summed E-state index contributed by atoms with van der Waals surface area (Å²) in [6, 6.07) is 8.86. The maximum absolute atomic E-state index is 13.4. The van der Waals surface area contributed by atoms with Crippen LogP contribution in [0.4, 0.5) is 14.5 Å². The third-order valence-corrected chi connectivity index (χ3v) is 2.95. The van der Waals surface area contributed by atoms with Gasteiger partial charge in [-0.3, -0.25) is 4.79 Å². The van der Waals surface area contributed by atoms with Gasteiger partial charge in [0.15, 0.2) is 13.2 Å². The molecule has 0 aliphatic rings. The lowest BCUT2D eigenvalue weighted by atomic mass is 10.3. The van der Waals surface area contributed by atoms with Crippen molar-refractivity contribution in [1.29, 1.82) is 0 Å². The van der Waals surface area contributed by atoms with E-state index >= 15 is 0 Å². The van der Waals surface area contributed by atoms with E-state index in [2.05, 4.69) is 10.1 Å². The minimum atomic E-state index is -0.832. The van der Waals surface area contributed by atoms with Crippen LogP contribution in [0, 0.1) is 11.6 Å². The van der Waals surface area contributed by atoms with Crippen LogP contribution >= 0.6 is 11.6 Å². The molecule has 0 aliphatic carbocycles. The van der Waals surface area contributed by atoms with Crippen LogP contribution in [-0.4, -0.2) is 25.1 Å². The van der Waals surface area contributed by atoms with E-state index < -0.39 is 36.7 Å². The number of carbonyl (C=O) groups is 2. The maximum Gasteiger partial charge on any atom is 0.344 e. The van der Waals surface area contributed by atoms with Gasteiger partial charge in [0, 0.05) is 11.1 Å². The summed E-state index contributed by atoms with van der Waals surface area (Å²) in [6.45, 7) is -1.13. The van der Waals surface area contributed by atoms with Crippen molar-refractivity contribution in [3.8, 4) is 5.75 Å². The molecule has 126 valence electrons. The number of rotatable bonds is 6. The van der Waals surface area contributed by atoms with Gasteiger partial charge in [-0.2, -0.15) is 0 Å². The number of esters is 1. The first-order valence-electron chi connectivity index (χ1n) is 6.73. The number of nitrogens with one attached hydrogen (secondary N) is 1. The van der Waals surface area contributed by atoms with Crippen LogP contribution in [0.5, 0.6) is 5.75 Å². The molecular weight excluding hydrogens is 344 g/mol. The Kier molecular flexibility index (Phi) is 6.08. The van der Waals surface area contributed by atoms with E-state index in [1.807, 2.05) is 0 Å². The second-order valence-electron chi connectivity index (χ2n) is 4.58. The smallest absolute Gasteiger partial charge is 0.344 e. The lowest BCUT2D eigenvalue weighted by Crippen LogP contribution is -2.24. The molecule has 0 spiro atoms. The van der Waals surface area contributed by atoms with Gasteiger partial charge >= 0.3 is 5.97 Å². The molecule has 2 rings (SSSR count). The number of amides is 1. The van der Waals surface area contributed by atoms with Gasteiger partial charge in [0.05, 0.1) is 5.69 Å². The van der Waals surface area contributed by atoms with Crippen LogP contribution < -0.4 is 10.1 Å². The van der Waals surface area contributed by atoms with Gasteiger partial charge in [-0.15, -0.1) is 0 Å². The molecule has 5 nitrogen and oxygen atoms in total. The van der Waals surface area contributed by atoms with Crippen molar-refractivity contribution in [1.82, 2.24) is 0 Å². The molecule has 24 heavy (non-hydrogen) atoms. The molecule has 0 saturated carbocycles. The monoisotopic (exact) mass is 355 g/mol. The normalized spacial score (nSPS) is 10.1. The summed E-state index contributed by atoms with van der Waals surface area (Å²) < 4.78 is 36.0. The third-order valence-electron chi connectivity index (χ3n) is 2.72. The van der Waals surface area contributed by atoms with Gasteiger partial charge in [0.2, 0.25) is 0 Å². The average Bonchev–Trinajstić information content (AvgIpc) is 2.54. The number of halogens is 3. The predicted molar refractivity (Wildman–Crippen MR) is 82.9 cm³/mol. The molecule has 2 aromatic carbocycles. The molecule has 2 aromatic rings. The molecule has 0 saturated heterocycles. The van der Waals surface area contributed by atoms with Gasteiger partial charge in [-0.05, 0) is 30.3 Å². The summed E-state index contributed by atoms with van der Waals surface area (Å²) in [5.41, 5.74) is -0.125. The molecule has 0 heterocycles. The summed E-state index contributed by atoms with van der Waals surface area (Å²) in [4.78, 5) is 23.1. The molecule has 0 atom stereocenters. The van der Waals surface area contributed by atoms with Gasteiger partial charge in [0.25, 0.3) is 5.91 Å². The number of hydrogen-bond acceptors (Lipinski definition) is 4. The molecule has 0 unspecified atom stereocenters. The Hall–Kier alpha value is -2.67. The molecule has 0 aliphatic heterocycles. The molecule has 0 fully saturated rings. The van der Waals surface area contributed by atoms with Crippen LogP contribution in [-0.2, 0) is 14.3 Å². The number of ether oxygens (including phenoxy) is 2. The van der Waals surface area contributed by atoms with Crippen molar-refractivity contribution in [3.63, 3.8) is 0 Å². The fourth-order valence-electron chi connectivity index (χ4n) is 1.67. The Morgan fingerprint density at radius 1 is 1.08 bits per heavy atom. The quantitative estimate of drug-likeness (QED) is 0.808. The maximum atomic E-state index is 13.4. The minimum absolute atomic E-state index is 0.125. The third kappa shape index (κ3) is 5.51. The highest BCUT2D eigenvalue weighted by molar-refractivity contribution is 6.30. The summed E-state index contributed by atoms with van der Waals surface area (Å²) in [6.07, 6.45) is 0. The second-order valence-corrected chi connectivity index (χ2v) is 5.02. The topological polar surface area (TPSA) is 64.6 Å². The average molecular weight is 356 g/mol. The highest BCUT2D eigenvalue weighted by atomic mass is 35.5. The number of carbonyl (C=O) groups excluding carboxylic acids is 2. The van der Waals surface area contributed by atoms with Gasteiger partial charge in [-0.25, -0.2) is 13.6 Å². The van der Waals surface area contributed by atoms with E-state index in [0.717, 1.165) is 12.1 Å². The standard InChI is InChI=1S/C16H12ClF2NO4/c17-10-4-5-13(19)14(6-10)20-15(21)8-24-16(22)9-23-12-3-1-2-11(18)7-12/h1-7H,8-9H2,(H,20,21). The zero-order valence-electron chi connectivity index (χ0n) is 12.2. The van der Waals surface area contributed by atoms with E-state index in [1.165, 1.54) is 30.3 Å². The van der Waals surface area contributed by atoms with Crippen LogP contribution in [0.15, 0.2) is 42.5 Å². The SMILES string of the molecule is O=C(COC(=O)COc1cccc(F)c1)Nc1cc(Cl)ccc1F. The summed E-state index contributed by atoms with van der Waals surface area (Å²) >= 11 is 5.69. The molecule has 0 radical (unpaired) electrons. The van der Waals surface area contributed by atoms with Crippen LogP contribution in [0.1, 0.15) is 0 Å². The zero-order valence-corrected chi connectivity index (χ0v) is 13.0. The van der Waals surface area contributed by atoms with E-state index in [9.17, 15) is 18.4 Å². The Bertz CT molecular complexity index is 755. The van der Waals surface area contributed by atoms with Crippen molar-refractivity contribution in [2.45, 2.75) is 0 Å². The van der Waals surface area contributed by atoms with Crippen LogP contribution in [0.2, 0.25) is 5.02 Å². The molecule has 1 amide bonds. The van der Waals surface area contributed by atoms with Gasteiger partial charge < -0.3 is 14.8 Å². The predicted octanol–water partition coefficient (Wildman–Crippen LogP) is 3.18. The first-order chi connectivity index (χ1) is 11.4. The Labute approximate surface area is 141 Å². The summed E-state index contributed by atoms with van der Waals surface area (Å²) in [7, 11) is 0. The Balaban J connectivity index is 1.77. The first-order valence-corrected chi connectivity index (χ1v) is 7.11. The second kappa shape index (κ2) is 8.26. The van der Waals surface area contributed by atoms with E-state index in [1.54, 1.807) is 0 Å². The van der Waals surface area contributed by atoms with Crippen molar-refractivity contribution in [3.05, 3.63) is 59.1 Å². The molecular formula is C16H12ClF2NO4. The largest absolute Gasteiger partial charge is 0.482 e. The zero-order chi connectivity index (χ0) is 17.5. The van der Waals surface area contributed by atoms with E-state index in [-0.39, 0.29) is 16.5 Å². The number of benzene rings is 2. The van der Waals surface area contributed by atoms with Gasteiger partial charge in [-0.1, -0.05) is 17.7 Å². The minimum Gasteiger partial charge on any atom is -0.482 e. The van der Waals surface area contributed by atoms with Crippen LogP contribution in [0.25, 0.3) is 0 Å². The van der Waals surface area contributed by atoms with Crippen LogP contribution in [0.3, 0.4) is 0 Å². The Morgan fingerprint density at radius 3 is 2.62 bits per heavy atom. The molecule has 1 N–H and O–H groups in total. The molecule has 0 bridgehead atoms. The van der Waals surface area contributed by atoms with E-state index in [0.29, 0.717) is 0 Å². The van der Waals surface area contributed by atoms with E-state index in [4.69, 9.17) is 16.3 Å². The lowest BCUT2D eigenvalue weighted by molar-refractivity contribution is -0.149. The van der Waals surface area contributed by atoms with Crippen molar-refractivity contribution in [2.24, 2.45) is 0 Å². The molecule has 8 heteroatoms. The van der Waals surface area contributed by atoms with Crippen molar-refractivity contribution >= 4 is 29.2 Å². The van der Waals surface area contributed by atoms with Gasteiger partial charge in [0.1, 0.15) is 17.4 Å². The van der Waals surface area contributed by atoms with Crippen molar-refractivity contribution < 1.29 is 27.8 Å². The highest BCUT2D eigenvalue weighted by Gasteiger charge is 2.11. The number of anilines is 1. The summed E-state index contributed by atoms with van der Waals surface area (Å²) in [5.74, 6) is -2.61. The fourth-order valence-corrected chi connectivity index (χ4v) is 1.84.